The monoisotopic (exact) mass is 200 g/mol. The highest BCUT2D eigenvalue weighted by molar-refractivity contribution is 7.09. The summed E-state index contributed by atoms with van der Waals surface area (Å²) in [6.07, 6.45) is 2.80. The maximum Gasteiger partial charge on any atom is 0.0941 e. The Balaban J connectivity index is 2.37. The maximum atomic E-state index is 5.12. The topological polar surface area (TPSA) is 34.1 Å². The molecule has 0 amide bonds. The Labute approximate surface area is 83.1 Å². The van der Waals surface area contributed by atoms with Crippen LogP contribution in [0.25, 0.3) is 0 Å². The van der Waals surface area contributed by atoms with Gasteiger partial charge in [-0.25, -0.2) is 4.98 Å². The van der Waals surface area contributed by atoms with E-state index in [9.17, 15) is 0 Å². The molecule has 3 nitrogen and oxygen atoms in total. The van der Waals surface area contributed by atoms with Crippen LogP contribution < -0.4 is 5.32 Å². The van der Waals surface area contributed by atoms with E-state index in [1.165, 1.54) is 5.01 Å². The number of thiazole rings is 1. The van der Waals surface area contributed by atoms with Gasteiger partial charge in [-0.1, -0.05) is 6.92 Å². The summed E-state index contributed by atoms with van der Waals surface area (Å²) in [4.78, 5) is 4.24. The van der Waals surface area contributed by atoms with Gasteiger partial charge in [0.15, 0.2) is 0 Å². The van der Waals surface area contributed by atoms with Crippen LogP contribution in [-0.2, 0) is 11.2 Å². The van der Waals surface area contributed by atoms with E-state index in [0.29, 0.717) is 6.04 Å². The molecule has 1 N–H and O–H groups in total. The van der Waals surface area contributed by atoms with Crippen LogP contribution >= 0.6 is 11.3 Å². The van der Waals surface area contributed by atoms with E-state index in [1.54, 1.807) is 18.4 Å². The zero-order valence-corrected chi connectivity index (χ0v) is 8.93. The minimum Gasteiger partial charge on any atom is -0.383 e. The summed E-state index contributed by atoms with van der Waals surface area (Å²) in [5.74, 6) is 0. The number of hydrogen-bond acceptors (Lipinski definition) is 4. The minimum atomic E-state index is 0.390. The number of likely N-dealkylation sites (N-methyl/N-ethyl adjacent to an activating group) is 1. The standard InChI is InChI=1S/C9H16N2OS/c1-3-10-8(7-12-2)6-9-11-4-5-13-9/h4-5,8,10H,3,6-7H2,1-2H3. The third-order valence-electron chi connectivity index (χ3n) is 1.77. The lowest BCUT2D eigenvalue weighted by Gasteiger charge is -2.14. The van der Waals surface area contributed by atoms with Gasteiger partial charge in [0.1, 0.15) is 0 Å². The van der Waals surface area contributed by atoms with Gasteiger partial charge in [-0.05, 0) is 6.54 Å². The first-order chi connectivity index (χ1) is 6.36. The van der Waals surface area contributed by atoms with Crippen LogP contribution in [0.1, 0.15) is 11.9 Å². The molecule has 0 spiro atoms. The fraction of sp³-hybridized carbons (Fsp3) is 0.667. The Hall–Kier alpha value is -0.450. The van der Waals surface area contributed by atoms with Gasteiger partial charge in [-0.3, -0.25) is 0 Å². The van der Waals surface area contributed by atoms with E-state index < -0.39 is 0 Å². The zero-order chi connectivity index (χ0) is 9.52. The zero-order valence-electron chi connectivity index (χ0n) is 8.12. The molecule has 0 saturated carbocycles. The average molecular weight is 200 g/mol. The molecule has 0 aliphatic heterocycles. The molecule has 0 saturated heterocycles. The van der Waals surface area contributed by atoms with E-state index in [1.807, 2.05) is 11.6 Å². The molecule has 0 fully saturated rings. The summed E-state index contributed by atoms with van der Waals surface area (Å²) in [6, 6.07) is 0.390. The van der Waals surface area contributed by atoms with Crippen molar-refractivity contribution >= 4 is 11.3 Å². The first-order valence-electron chi connectivity index (χ1n) is 4.47. The van der Waals surface area contributed by atoms with Crippen LogP contribution in [0.5, 0.6) is 0 Å². The van der Waals surface area contributed by atoms with Crippen molar-refractivity contribution < 1.29 is 4.74 Å². The van der Waals surface area contributed by atoms with Crippen molar-refractivity contribution in [2.75, 3.05) is 20.3 Å². The minimum absolute atomic E-state index is 0.390. The molecular weight excluding hydrogens is 184 g/mol. The van der Waals surface area contributed by atoms with Gasteiger partial charge in [-0.2, -0.15) is 0 Å². The molecule has 74 valence electrons. The van der Waals surface area contributed by atoms with E-state index in [4.69, 9.17) is 4.74 Å². The molecule has 0 aliphatic carbocycles. The molecule has 1 aromatic rings. The highest BCUT2D eigenvalue weighted by Crippen LogP contribution is 2.07. The quantitative estimate of drug-likeness (QED) is 0.752. The maximum absolute atomic E-state index is 5.12. The normalized spacial score (nSPS) is 13.1. The van der Waals surface area contributed by atoms with Gasteiger partial charge in [0.05, 0.1) is 11.6 Å². The molecule has 0 radical (unpaired) electrons. The second kappa shape index (κ2) is 6.07. The fourth-order valence-corrected chi connectivity index (χ4v) is 1.94. The number of aromatic nitrogens is 1. The molecule has 13 heavy (non-hydrogen) atoms. The van der Waals surface area contributed by atoms with Crippen molar-refractivity contribution in [3.05, 3.63) is 16.6 Å². The SMILES string of the molecule is CCNC(COC)Cc1nccs1. The number of nitrogens with zero attached hydrogens (tertiary/aromatic N) is 1. The molecule has 1 aromatic heterocycles. The summed E-state index contributed by atoms with van der Waals surface area (Å²) in [6.45, 7) is 3.82. The molecule has 0 bridgehead atoms. The van der Waals surface area contributed by atoms with Gasteiger partial charge in [-0.15, -0.1) is 11.3 Å². The van der Waals surface area contributed by atoms with E-state index in [-0.39, 0.29) is 0 Å². The second-order valence-corrected chi connectivity index (χ2v) is 3.82. The number of ether oxygens (including phenoxy) is 1. The highest BCUT2D eigenvalue weighted by atomic mass is 32.1. The molecule has 0 aliphatic rings. The predicted octanol–water partition coefficient (Wildman–Crippen LogP) is 1.31. The Morgan fingerprint density at radius 1 is 1.69 bits per heavy atom. The van der Waals surface area contributed by atoms with Gasteiger partial charge in [0.25, 0.3) is 0 Å². The van der Waals surface area contributed by atoms with E-state index in [2.05, 4.69) is 17.2 Å². The second-order valence-electron chi connectivity index (χ2n) is 2.84. The van der Waals surface area contributed by atoms with E-state index in [0.717, 1.165) is 19.6 Å². The first kappa shape index (κ1) is 10.6. The Kier molecular flexibility index (Phi) is 4.97. The third kappa shape index (κ3) is 3.85. The molecule has 1 heterocycles. The van der Waals surface area contributed by atoms with Crippen molar-refractivity contribution in [1.29, 1.82) is 0 Å². The molecule has 1 unspecified atom stereocenters. The third-order valence-corrected chi connectivity index (χ3v) is 2.57. The molecule has 0 aromatic carbocycles. The van der Waals surface area contributed by atoms with Crippen molar-refractivity contribution in [3.8, 4) is 0 Å². The van der Waals surface area contributed by atoms with Gasteiger partial charge in [0, 0.05) is 31.1 Å². The summed E-state index contributed by atoms with van der Waals surface area (Å²) in [5, 5.41) is 6.54. The summed E-state index contributed by atoms with van der Waals surface area (Å²) < 4.78 is 5.12. The van der Waals surface area contributed by atoms with Crippen LogP contribution in [0.3, 0.4) is 0 Å². The Morgan fingerprint density at radius 2 is 2.54 bits per heavy atom. The number of nitrogens with one attached hydrogen (secondary N) is 1. The number of hydrogen-bond donors (Lipinski definition) is 1. The van der Waals surface area contributed by atoms with Crippen molar-refractivity contribution in [2.45, 2.75) is 19.4 Å². The summed E-state index contributed by atoms with van der Waals surface area (Å²) in [5.41, 5.74) is 0. The average Bonchev–Trinajstić information content (AvgIpc) is 2.58. The summed E-state index contributed by atoms with van der Waals surface area (Å²) in [7, 11) is 1.73. The van der Waals surface area contributed by atoms with Crippen LogP contribution in [0.4, 0.5) is 0 Å². The fourth-order valence-electron chi connectivity index (χ4n) is 1.24. The molecule has 1 atom stereocenters. The lowest BCUT2D eigenvalue weighted by Crippen LogP contribution is -2.34. The largest absolute Gasteiger partial charge is 0.383 e. The van der Waals surface area contributed by atoms with Crippen LogP contribution in [0.15, 0.2) is 11.6 Å². The number of rotatable bonds is 6. The van der Waals surface area contributed by atoms with Crippen molar-refractivity contribution in [3.63, 3.8) is 0 Å². The molecule has 4 heteroatoms. The van der Waals surface area contributed by atoms with Crippen LogP contribution in [-0.4, -0.2) is 31.3 Å². The van der Waals surface area contributed by atoms with Crippen LogP contribution in [0, 0.1) is 0 Å². The molecule has 1 rings (SSSR count). The van der Waals surface area contributed by atoms with Gasteiger partial charge in [0.2, 0.25) is 0 Å². The van der Waals surface area contributed by atoms with Gasteiger partial charge < -0.3 is 10.1 Å². The van der Waals surface area contributed by atoms with Crippen molar-refractivity contribution in [2.24, 2.45) is 0 Å². The van der Waals surface area contributed by atoms with Gasteiger partial charge >= 0.3 is 0 Å². The lowest BCUT2D eigenvalue weighted by atomic mass is 10.2. The number of methoxy groups -OCH3 is 1. The lowest BCUT2D eigenvalue weighted by molar-refractivity contribution is 0.167. The Morgan fingerprint density at radius 3 is 3.08 bits per heavy atom. The first-order valence-corrected chi connectivity index (χ1v) is 5.35. The molecular formula is C9H16N2OS. The smallest absolute Gasteiger partial charge is 0.0941 e. The highest BCUT2D eigenvalue weighted by Gasteiger charge is 2.08. The predicted molar refractivity (Wildman–Crippen MR) is 55.2 cm³/mol. The summed E-state index contributed by atoms with van der Waals surface area (Å²) >= 11 is 1.70. The van der Waals surface area contributed by atoms with Crippen molar-refractivity contribution in [1.82, 2.24) is 10.3 Å². The van der Waals surface area contributed by atoms with Crippen LogP contribution in [0.2, 0.25) is 0 Å². The van der Waals surface area contributed by atoms with E-state index >= 15 is 0 Å². The Bertz CT molecular complexity index is 207.